The summed E-state index contributed by atoms with van der Waals surface area (Å²) >= 11 is 5.61. The van der Waals surface area contributed by atoms with Crippen LogP contribution in [0.25, 0.3) is 0 Å². The van der Waals surface area contributed by atoms with Gasteiger partial charge in [0.2, 0.25) is 0 Å². The van der Waals surface area contributed by atoms with Crippen LogP contribution in [0.15, 0.2) is 18.2 Å². The van der Waals surface area contributed by atoms with Crippen LogP contribution in [0, 0.1) is 5.82 Å². The third-order valence-corrected chi connectivity index (χ3v) is 2.69. The maximum absolute atomic E-state index is 13.5. The predicted octanol–water partition coefficient (Wildman–Crippen LogP) is 1.92. The van der Waals surface area contributed by atoms with Gasteiger partial charge in [0.15, 0.2) is 11.9 Å². The summed E-state index contributed by atoms with van der Waals surface area (Å²) in [6, 6.07) is 3.73. The van der Waals surface area contributed by atoms with Crippen molar-refractivity contribution in [3.63, 3.8) is 0 Å². The number of hydrogen-bond donors (Lipinski definition) is 0. The first-order valence-electron chi connectivity index (χ1n) is 5.37. The Bertz CT molecular complexity index is 616. The van der Waals surface area contributed by atoms with Crippen LogP contribution in [0.4, 0.5) is 4.39 Å². The summed E-state index contributed by atoms with van der Waals surface area (Å²) in [6.45, 7) is 1.59. The summed E-state index contributed by atoms with van der Waals surface area (Å²) in [5, 5.41) is 11.0. The molecule has 0 aliphatic carbocycles. The van der Waals surface area contributed by atoms with Gasteiger partial charge in [-0.3, -0.25) is 0 Å². The average Bonchev–Trinajstić information content (AvgIpc) is 2.75. The lowest BCUT2D eigenvalue weighted by molar-refractivity contribution is 0.0307. The van der Waals surface area contributed by atoms with Gasteiger partial charge in [0.1, 0.15) is 5.82 Å². The summed E-state index contributed by atoms with van der Waals surface area (Å²) in [5.74, 6) is -1.17. The smallest absolute Gasteiger partial charge is 0.341 e. The molecular weight excluding hydrogens is 275 g/mol. The molecule has 2 aromatic rings. The Balaban J connectivity index is 2.15. The van der Waals surface area contributed by atoms with Gasteiger partial charge < -0.3 is 4.74 Å². The van der Waals surface area contributed by atoms with E-state index in [1.807, 2.05) is 0 Å². The topological polar surface area (TPSA) is 69.9 Å². The Hall–Kier alpha value is -2.02. The van der Waals surface area contributed by atoms with Gasteiger partial charge in [0, 0.05) is 12.1 Å². The summed E-state index contributed by atoms with van der Waals surface area (Å²) in [7, 11) is 1.61. The van der Waals surface area contributed by atoms with Gasteiger partial charge in [0.25, 0.3) is 0 Å². The van der Waals surface area contributed by atoms with Crippen molar-refractivity contribution in [2.45, 2.75) is 13.0 Å². The second kappa shape index (κ2) is 5.31. The number of benzene rings is 1. The number of carbonyl (C=O) groups is 1. The molecular formula is C11H10ClFN4O2. The lowest BCUT2D eigenvalue weighted by atomic mass is 10.2. The first kappa shape index (κ1) is 13.4. The standard InChI is InChI=1S/C11H10ClFN4O2/c1-6(10-14-15-16-17(10)2)19-11(18)8-4-3-7(12)5-9(8)13/h3-6H,1-2H3/t6-/m1/s1. The van der Waals surface area contributed by atoms with E-state index < -0.39 is 17.9 Å². The van der Waals surface area contributed by atoms with E-state index in [-0.39, 0.29) is 10.6 Å². The van der Waals surface area contributed by atoms with Crippen molar-refractivity contribution in [2.75, 3.05) is 0 Å². The van der Waals surface area contributed by atoms with E-state index in [1.54, 1.807) is 14.0 Å². The second-order valence-corrected chi connectivity index (χ2v) is 4.27. The second-order valence-electron chi connectivity index (χ2n) is 3.83. The van der Waals surface area contributed by atoms with Gasteiger partial charge in [0.05, 0.1) is 5.56 Å². The molecule has 0 amide bonds. The Morgan fingerprint density at radius 3 is 2.84 bits per heavy atom. The molecule has 8 heteroatoms. The van der Waals surface area contributed by atoms with Crippen LogP contribution in [-0.4, -0.2) is 26.2 Å². The van der Waals surface area contributed by atoms with Gasteiger partial charge in [-0.2, -0.15) is 0 Å². The maximum Gasteiger partial charge on any atom is 0.341 e. The minimum Gasteiger partial charge on any atom is -0.451 e. The number of carbonyl (C=O) groups excluding carboxylic acids is 1. The van der Waals surface area contributed by atoms with Gasteiger partial charge in [-0.1, -0.05) is 11.6 Å². The molecule has 1 aromatic carbocycles. The van der Waals surface area contributed by atoms with Crippen LogP contribution in [-0.2, 0) is 11.8 Å². The fourth-order valence-corrected chi connectivity index (χ4v) is 1.67. The number of aryl methyl sites for hydroxylation is 1. The average molecular weight is 285 g/mol. The Labute approximate surface area is 113 Å². The molecule has 19 heavy (non-hydrogen) atoms. The fraction of sp³-hybridized carbons (Fsp3) is 0.273. The fourth-order valence-electron chi connectivity index (χ4n) is 1.51. The third-order valence-electron chi connectivity index (χ3n) is 2.45. The van der Waals surface area contributed by atoms with Gasteiger partial charge in [-0.05, 0) is 35.5 Å². The molecule has 0 saturated heterocycles. The zero-order chi connectivity index (χ0) is 14.0. The number of esters is 1. The Morgan fingerprint density at radius 1 is 1.53 bits per heavy atom. The lowest BCUT2D eigenvalue weighted by Crippen LogP contribution is -2.14. The third kappa shape index (κ3) is 2.87. The number of nitrogens with zero attached hydrogens (tertiary/aromatic N) is 4. The van der Waals surface area contributed by atoms with Gasteiger partial charge >= 0.3 is 5.97 Å². The van der Waals surface area contributed by atoms with Crippen molar-refractivity contribution in [3.05, 3.63) is 40.4 Å². The number of hydrogen-bond acceptors (Lipinski definition) is 5. The van der Waals surface area contributed by atoms with E-state index in [1.165, 1.54) is 16.8 Å². The Morgan fingerprint density at radius 2 is 2.26 bits per heavy atom. The molecule has 0 spiro atoms. The molecule has 0 fully saturated rings. The molecule has 1 heterocycles. The lowest BCUT2D eigenvalue weighted by Gasteiger charge is -2.11. The van der Waals surface area contributed by atoms with E-state index in [0.29, 0.717) is 5.82 Å². The normalized spacial score (nSPS) is 12.2. The highest BCUT2D eigenvalue weighted by Crippen LogP contribution is 2.19. The van der Waals surface area contributed by atoms with Crippen LogP contribution < -0.4 is 0 Å². The van der Waals surface area contributed by atoms with Crippen molar-refractivity contribution < 1.29 is 13.9 Å². The first-order valence-corrected chi connectivity index (χ1v) is 5.75. The summed E-state index contributed by atoms with van der Waals surface area (Å²) in [6.07, 6.45) is -0.692. The Kier molecular flexibility index (Phi) is 3.75. The maximum atomic E-state index is 13.5. The van der Waals surface area contributed by atoms with Crippen molar-refractivity contribution in [3.8, 4) is 0 Å². The molecule has 0 saturated carbocycles. The van der Waals surface area contributed by atoms with Crippen LogP contribution in [0.3, 0.4) is 0 Å². The molecule has 0 bridgehead atoms. The first-order chi connectivity index (χ1) is 8.99. The van der Waals surface area contributed by atoms with Crippen molar-refractivity contribution in [1.29, 1.82) is 0 Å². The largest absolute Gasteiger partial charge is 0.451 e. The minimum atomic E-state index is -0.801. The van der Waals surface area contributed by atoms with Crippen LogP contribution >= 0.6 is 11.6 Å². The molecule has 0 N–H and O–H groups in total. The van der Waals surface area contributed by atoms with Gasteiger partial charge in [-0.15, -0.1) is 5.10 Å². The summed E-state index contributed by atoms with van der Waals surface area (Å²) in [4.78, 5) is 11.8. The molecule has 2 rings (SSSR count). The molecule has 6 nitrogen and oxygen atoms in total. The molecule has 1 aromatic heterocycles. The quantitative estimate of drug-likeness (QED) is 0.805. The minimum absolute atomic E-state index is 0.189. The number of ether oxygens (including phenoxy) is 1. The van der Waals surface area contributed by atoms with Crippen LogP contribution in [0.5, 0.6) is 0 Å². The zero-order valence-corrected chi connectivity index (χ0v) is 10.9. The van der Waals surface area contributed by atoms with E-state index >= 15 is 0 Å². The van der Waals surface area contributed by atoms with E-state index in [9.17, 15) is 9.18 Å². The molecule has 100 valence electrons. The SMILES string of the molecule is C[C@@H](OC(=O)c1ccc(Cl)cc1F)c1nnnn1C. The van der Waals surface area contributed by atoms with Crippen molar-refractivity contribution >= 4 is 17.6 Å². The molecule has 0 aliphatic heterocycles. The molecule has 0 aliphatic rings. The molecule has 0 radical (unpaired) electrons. The monoisotopic (exact) mass is 284 g/mol. The van der Waals surface area contributed by atoms with E-state index in [0.717, 1.165) is 6.07 Å². The molecule has 1 atom stereocenters. The molecule has 0 unspecified atom stereocenters. The number of halogens is 2. The highest BCUT2D eigenvalue weighted by molar-refractivity contribution is 6.30. The summed E-state index contributed by atoms with van der Waals surface area (Å²) < 4.78 is 20.0. The van der Waals surface area contributed by atoms with E-state index in [2.05, 4.69) is 15.5 Å². The zero-order valence-electron chi connectivity index (χ0n) is 10.2. The predicted molar refractivity (Wildman–Crippen MR) is 64.0 cm³/mol. The van der Waals surface area contributed by atoms with Crippen molar-refractivity contribution in [1.82, 2.24) is 20.2 Å². The van der Waals surface area contributed by atoms with Crippen LogP contribution in [0.1, 0.15) is 29.2 Å². The summed E-state index contributed by atoms with van der Waals surface area (Å²) in [5.41, 5.74) is -0.189. The number of aromatic nitrogens is 4. The van der Waals surface area contributed by atoms with Crippen LogP contribution in [0.2, 0.25) is 5.02 Å². The van der Waals surface area contributed by atoms with Crippen molar-refractivity contribution in [2.24, 2.45) is 7.05 Å². The highest BCUT2D eigenvalue weighted by Gasteiger charge is 2.20. The van der Waals surface area contributed by atoms with E-state index in [4.69, 9.17) is 16.3 Å². The highest BCUT2D eigenvalue weighted by atomic mass is 35.5. The number of rotatable bonds is 3. The number of tetrazole rings is 1. The van der Waals surface area contributed by atoms with Gasteiger partial charge in [-0.25, -0.2) is 13.9 Å².